The highest BCUT2D eigenvalue weighted by atomic mass is 14.6. The molecule has 0 fully saturated rings. The van der Waals surface area contributed by atoms with Gasteiger partial charge in [0.1, 0.15) is 0 Å². The summed E-state index contributed by atoms with van der Waals surface area (Å²) in [6.07, 6.45) is 0. The molecule has 0 aliphatic carbocycles. The average molecular weight is 469 g/mol. The molecule has 2 N–H and O–H groups in total. The highest BCUT2D eigenvalue weighted by molar-refractivity contribution is 5.89. The minimum Gasteiger partial charge on any atom is -0.398 e. The van der Waals surface area contributed by atoms with E-state index in [1.165, 1.54) is 27.8 Å². The lowest BCUT2D eigenvalue weighted by atomic mass is 9.78. The number of anilines is 1. The predicted octanol–water partition coefficient (Wildman–Crippen LogP) is 9.59. The van der Waals surface area contributed by atoms with Crippen LogP contribution in [-0.2, 0) is 21.7 Å². The molecular weight excluding hydrogens is 422 g/mol. The van der Waals surface area contributed by atoms with Gasteiger partial charge in [-0.15, -0.1) is 0 Å². The molecule has 0 unspecified atom stereocenters. The van der Waals surface area contributed by atoms with Crippen LogP contribution in [0.2, 0.25) is 0 Å². The highest BCUT2D eigenvalue weighted by Gasteiger charge is 2.24. The van der Waals surface area contributed by atoms with Gasteiger partial charge in [0.15, 0.2) is 0 Å². The minimum atomic E-state index is 0.00499. The summed E-state index contributed by atoms with van der Waals surface area (Å²) in [5, 5.41) is 0. The molecule has 187 valence electrons. The first-order valence-corrected chi connectivity index (χ1v) is 12.9. The summed E-state index contributed by atoms with van der Waals surface area (Å²) in [7, 11) is 0. The maximum absolute atomic E-state index is 6.96. The molecule has 0 saturated heterocycles. The molecule has 1 radical (unpaired) electrons. The molecular formula is C34H46N. The van der Waals surface area contributed by atoms with E-state index in [0.29, 0.717) is 0 Å². The molecule has 0 saturated carbocycles. The molecule has 1 heteroatoms. The standard InChI is InChI=1S/C34H46N/c1-31(2,3)24-16-22(17-25(20-24)32(4,5)6)28-14-13-15-29(30(28)35)23-18-26(33(7,8)9)21-27(19-23)34(10,11)12/h13-18,20-21H,35H2,1-12H3. The Balaban J connectivity index is 2.29. The van der Waals surface area contributed by atoms with E-state index >= 15 is 0 Å². The van der Waals surface area contributed by atoms with Crippen molar-refractivity contribution in [3.8, 4) is 22.3 Å². The Kier molecular flexibility index (Phi) is 6.83. The van der Waals surface area contributed by atoms with Crippen molar-refractivity contribution in [1.29, 1.82) is 0 Å². The van der Waals surface area contributed by atoms with E-state index in [-0.39, 0.29) is 21.7 Å². The quantitative estimate of drug-likeness (QED) is 0.372. The van der Waals surface area contributed by atoms with Crippen LogP contribution in [0.25, 0.3) is 22.3 Å². The Labute approximate surface area is 215 Å². The van der Waals surface area contributed by atoms with E-state index < -0.39 is 0 Å². The fourth-order valence-electron chi connectivity index (χ4n) is 4.25. The van der Waals surface area contributed by atoms with Crippen molar-refractivity contribution in [3.63, 3.8) is 0 Å². The van der Waals surface area contributed by atoms with E-state index in [0.717, 1.165) is 22.4 Å². The molecule has 0 bridgehead atoms. The van der Waals surface area contributed by atoms with Crippen LogP contribution in [0.1, 0.15) is 105 Å². The third-order valence-electron chi connectivity index (χ3n) is 6.92. The summed E-state index contributed by atoms with van der Waals surface area (Å²) >= 11 is 0. The van der Waals surface area contributed by atoms with E-state index in [2.05, 4.69) is 138 Å². The lowest BCUT2D eigenvalue weighted by Crippen LogP contribution is -2.17. The van der Waals surface area contributed by atoms with Gasteiger partial charge in [0.05, 0.1) is 0 Å². The third-order valence-corrected chi connectivity index (χ3v) is 6.92. The van der Waals surface area contributed by atoms with Gasteiger partial charge >= 0.3 is 0 Å². The van der Waals surface area contributed by atoms with Crippen molar-refractivity contribution in [2.24, 2.45) is 0 Å². The fraction of sp³-hybridized carbons (Fsp3) is 0.471. The van der Waals surface area contributed by atoms with E-state index in [1.54, 1.807) is 0 Å². The largest absolute Gasteiger partial charge is 0.398 e. The first kappa shape index (κ1) is 27.1. The second kappa shape index (κ2) is 8.84. The normalized spacial score (nSPS) is 13.3. The molecule has 0 atom stereocenters. The van der Waals surface area contributed by atoms with Crippen molar-refractivity contribution in [1.82, 2.24) is 0 Å². The number of hydrogen-bond acceptors (Lipinski definition) is 1. The first-order chi connectivity index (χ1) is 15.8. The molecule has 0 aromatic heterocycles. The topological polar surface area (TPSA) is 26.0 Å². The Morgan fingerprint density at radius 3 is 1.46 bits per heavy atom. The second-order valence-electron chi connectivity index (χ2n) is 14.3. The van der Waals surface area contributed by atoms with Crippen LogP contribution in [0.4, 0.5) is 5.69 Å². The zero-order valence-electron chi connectivity index (χ0n) is 24.2. The van der Waals surface area contributed by atoms with Crippen molar-refractivity contribution in [3.05, 3.63) is 76.9 Å². The summed E-state index contributed by atoms with van der Waals surface area (Å²) < 4.78 is 0. The molecule has 0 heterocycles. The fourth-order valence-corrected chi connectivity index (χ4v) is 4.25. The summed E-state index contributed by atoms with van der Waals surface area (Å²) in [6.45, 7) is 27.2. The summed E-state index contributed by atoms with van der Waals surface area (Å²) in [4.78, 5) is 0. The summed E-state index contributed by atoms with van der Waals surface area (Å²) in [5.74, 6) is 0. The summed E-state index contributed by atoms with van der Waals surface area (Å²) in [6, 6.07) is 21.7. The van der Waals surface area contributed by atoms with Crippen LogP contribution in [0.5, 0.6) is 0 Å². The first-order valence-electron chi connectivity index (χ1n) is 12.9. The van der Waals surface area contributed by atoms with Crippen LogP contribution in [0.3, 0.4) is 0 Å². The van der Waals surface area contributed by atoms with E-state index in [4.69, 9.17) is 5.73 Å². The molecule has 3 aromatic carbocycles. The molecule has 3 rings (SSSR count). The Morgan fingerprint density at radius 1 is 0.543 bits per heavy atom. The van der Waals surface area contributed by atoms with Crippen molar-refractivity contribution in [2.75, 3.05) is 5.73 Å². The van der Waals surface area contributed by atoms with Gasteiger partial charge in [-0.05, 0) is 67.2 Å². The Hall–Kier alpha value is -2.54. The zero-order chi connectivity index (χ0) is 26.6. The lowest BCUT2D eigenvalue weighted by molar-refractivity contribution is 0.568. The third kappa shape index (κ3) is 6.00. The highest BCUT2D eigenvalue weighted by Crippen LogP contribution is 2.41. The molecule has 0 spiro atoms. The van der Waals surface area contributed by atoms with Crippen LogP contribution in [-0.4, -0.2) is 0 Å². The van der Waals surface area contributed by atoms with E-state index in [1.807, 2.05) is 0 Å². The van der Waals surface area contributed by atoms with Gasteiger partial charge in [-0.3, -0.25) is 0 Å². The maximum atomic E-state index is 6.96. The van der Waals surface area contributed by atoms with Crippen LogP contribution >= 0.6 is 0 Å². The zero-order valence-corrected chi connectivity index (χ0v) is 24.2. The summed E-state index contributed by atoms with van der Waals surface area (Å²) in [5.41, 5.74) is 17.5. The van der Waals surface area contributed by atoms with Crippen molar-refractivity contribution < 1.29 is 0 Å². The maximum Gasteiger partial charge on any atom is 0.0473 e. The van der Waals surface area contributed by atoms with Crippen LogP contribution in [0, 0.1) is 6.07 Å². The monoisotopic (exact) mass is 468 g/mol. The van der Waals surface area contributed by atoms with Gasteiger partial charge < -0.3 is 5.73 Å². The van der Waals surface area contributed by atoms with Crippen molar-refractivity contribution in [2.45, 2.75) is 105 Å². The van der Waals surface area contributed by atoms with Crippen molar-refractivity contribution >= 4 is 5.69 Å². The van der Waals surface area contributed by atoms with Gasteiger partial charge in [-0.25, -0.2) is 0 Å². The number of hydrogen-bond donors (Lipinski definition) is 1. The molecule has 35 heavy (non-hydrogen) atoms. The SMILES string of the molecule is CC(C)(C)c1[c]c(-c2cccc(-c3cc(C(C)(C)C)cc(C(C)(C)C)c3)c2N)cc(C(C)(C)C)c1. The van der Waals surface area contributed by atoms with E-state index in [9.17, 15) is 0 Å². The number of nitrogens with two attached hydrogens (primary N) is 1. The number of nitrogen functional groups attached to an aromatic ring is 1. The van der Waals surface area contributed by atoms with Gasteiger partial charge in [0, 0.05) is 16.8 Å². The van der Waals surface area contributed by atoms with Gasteiger partial charge in [-0.2, -0.15) is 0 Å². The Morgan fingerprint density at radius 2 is 1.00 bits per heavy atom. The Bertz CT molecular complexity index is 1060. The number of benzene rings is 3. The molecule has 3 aromatic rings. The minimum absolute atomic E-state index is 0.00499. The second-order valence-corrected chi connectivity index (χ2v) is 14.3. The molecule has 0 amide bonds. The van der Waals surface area contributed by atoms with Crippen LogP contribution in [0.15, 0.2) is 48.5 Å². The lowest BCUT2D eigenvalue weighted by Gasteiger charge is -2.27. The molecule has 0 aliphatic heterocycles. The smallest absolute Gasteiger partial charge is 0.0473 e. The van der Waals surface area contributed by atoms with Crippen LogP contribution < -0.4 is 5.73 Å². The molecule has 0 aliphatic rings. The predicted molar refractivity (Wildman–Crippen MR) is 155 cm³/mol. The number of para-hydroxylation sites is 1. The van der Waals surface area contributed by atoms with Gasteiger partial charge in [0.2, 0.25) is 0 Å². The average Bonchev–Trinajstić information content (AvgIpc) is 2.70. The van der Waals surface area contributed by atoms with Gasteiger partial charge in [-0.1, -0.05) is 126 Å². The number of rotatable bonds is 2. The van der Waals surface area contributed by atoms with Gasteiger partial charge in [0.25, 0.3) is 0 Å². The molecule has 1 nitrogen and oxygen atoms in total.